The van der Waals surface area contributed by atoms with Crippen LogP contribution < -0.4 is 0 Å². The molecule has 0 unspecified atom stereocenters. The molecular weight excluding hydrogens is 184 g/mol. The fraction of sp³-hybridized carbons (Fsp3) is 0.769. The highest BCUT2D eigenvalue weighted by Gasteiger charge is 2.24. The van der Waals surface area contributed by atoms with Gasteiger partial charge in [-0.3, -0.25) is 0 Å². The molecule has 0 fully saturated rings. The summed E-state index contributed by atoms with van der Waals surface area (Å²) in [6.45, 7) is 12.7. The maximum absolute atomic E-state index is 4.06. The lowest BCUT2D eigenvalue weighted by Gasteiger charge is -2.32. The van der Waals surface area contributed by atoms with Crippen LogP contribution in [-0.4, -0.2) is 9.55 Å². The highest BCUT2D eigenvalue weighted by molar-refractivity contribution is 4.79. The van der Waals surface area contributed by atoms with Crippen molar-refractivity contribution < 1.29 is 0 Å². The van der Waals surface area contributed by atoms with E-state index in [2.05, 4.69) is 44.2 Å². The molecular formula is C13H24N2. The van der Waals surface area contributed by atoms with Gasteiger partial charge in [0.15, 0.2) is 0 Å². The highest BCUT2D eigenvalue weighted by atomic mass is 15.0. The molecule has 0 aliphatic heterocycles. The van der Waals surface area contributed by atoms with Crippen molar-refractivity contribution in [2.24, 2.45) is 10.8 Å². The first kappa shape index (κ1) is 12.3. The molecule has 1 aromatic rings. The third-order valence-electron chi connectivity index (χ3n) is 2.61. The molecule has 0 N–H and O–H groups in total. The molecule has 1 aromatic heterocycles. The van der Waals surface area contributed by atoms with Crippen LogP contribution in [0.25, 0.3) is 0 Å². The van der Waals surface area contributed by atoms with E-state index in [1.807, 2.05) is 18.7 Å². The molecule has 0 aliphatic rings. The standard InChI is InChI=1S/C13H24N2/c1-12(2,3)10-13(4,5)6-8-15-9-7-14-11-15/h7,9,11H,6,8,10H2,1-5H3. The summed E-state index contributed by atoms with van der Waals surface area (Å²) < 4.78 is 2.16. The average Bonchev–Trinajstić information content (AvgIpc) is 2.47. The predicted octanol–water partition coefficient (Wildman–Crippen LogP) is 3.74. The Morgan fingerprint density at radius 2 is 1.80 bits per heavy atom. The summed E-state index contributed by atoms with van der Waals surface area (Å²) in [5.41, 5.74) is 0.820. The van der Waals surface area contributed by atoms with Gasteiger partial charge in [0.25, 0.3) is 0 Å². The van der Waals surface area contributed by atoms with E-state index in [-0.39, 0.29) is 0 Å². The van der Waals surface area contributed by atoms with Crippen LogP contribution in [0.3, 0.4) is 0 Å². The van der Waals surface area contributed by atoms with Gasteiger partial charge in [-0.15, -0.1) is 0 Å². The second kappa shape index (κ2) is 4.38. The molecule has 0 atom stereocenters. The molecule has 1 heterocycles. The van der Waals surface area contributed by atoms with Gasteiger partial charge in [0.05, 0.1) is 6.33 Å². The smallest absolute Gasteiger partial charge is 0.0945 e. The number of hydrogen-bond donors (Lipinski definition) is 0. The van der Waals surface area contributed by atoms with E-state index in [1.165, 1.54) is 12.8 Å². The van der Waals surface area contributed by atoms with Crippen molar-refractivity contribution in [3.8, 4) is 0 Å². The number of hydrogen-bond acceptors (Lipinski definition) is 1. The quantitative estimate of drug-likeness (QED) is 0.737. The van der Waals surface area contributed by atoms with E-state index < -0.39 is 0 Å². The van der Waals surface area contributed by atoms with Gasteiger partial charge in [-0.2, -0.15) is 0 Å². The lowest BCUT2D eigenvalue weighted by atomic mass is 9.74. The summed E-state index contributed by atoms with van der Waals surface area (Å²) in [6.07, 6.45) is 8.24. The SMILES string of the molecule is CC(C)(C)CC(C)(C)CCn1ccnc1. The van der Waals surface area contributed by atoms with Gasteiger partial charge < -0.3 is 4.57 Å². The second-order valence-electron chi connectivity index (χ2n) is 6.45. The van der Waals surface area contributed by atoms with Crippen molar-refractivity contribution >= 4 is 0 Å². The zero-order chi connectivity index (χ0) is 11.5. The lowest BCUT2D eigenvalue weighted by Crippen LogP contribution is -2.22. The summed E-state index contributed by atoms with van der Waals surface area (Å²) in [4.78, 5) is 4.06. The van der Waals surface area contributed by atoms with Crippen LogP contribution in [0.15, 0.2) is 18.7 Å². The van der Waals surface area contributed by atoms with E-state index in [4.69, 9.17) is 0 Å². The minimum atomic E-state index is 0.405. The van der Waals surface area contributed by atoms with Crippen molar-refractivity contribution in [2.45, 2.75) is 54.0 Å². The molecule has 0 spiro atoms. The Kier molecular flexibility index (Phi) is 3.58. The van der Waals surface area contributed by atoms with Crippen LogP contribution in [0.2, 0.25) is 0 Å². The van der Waals surface area contributed by atoms with E-state index in [0.717, 1.165) is 6.54 Å². The summed E-state index contributed by atoms with van der Waals surface area (Å²) in [5, 5.41) is 0. The van der Waals surface area contributed by atoms with Crippen molar-refractivity contribution in [1.29, 1.82) is 0 Å². The fourth-order valence-electron chi connectivity index (χ4n) is 2.37. The molecule has 0 aliphatic carbocycles. The van der Waals surface area contributed by atoms with Gasteiger partial charge in [0.1, 0.15) is 0 Å². The van der Waals surface area contributed by atoms with E-state index in [0.29, 0.717) is 10.8 Å². The van der Waals surface area contributed by atoms with Gasteiger partial charge in [-0.1, -0.05) is 34.6 Å². The molecule has 86 valence electrons. The van der Waals surface area contributed by atoms with Gasteiger partial charge in [-0.25, -0.2) is 4.98 Å². The molecule has 0 amide bonds. The van der Waals surface area contributed by atoms with Crippen LogP contribution in [0, 0.1) is 10.8 Å². The summed E-state index contributed by atoms with van der Waals surface area (Å²) >= 11 is 0. The largest absolute Gasteiger partial charge is 0.337 e. The van der Waals surface area contributed by atoms with Crippen LogP contribution in [0.1, 0.15) is 47.5 Å². The topological polar surface area (TPSA) is 17.8 Å². The molecule has 0 bridgehead atoms. The summed E-state index contributed by atoms with van der Waals surface area (Å²) in [6, 6.07) is 0. The average molecular weight is 208 g/mol. The number of aryl methyl sites for hydroxylation is 1. The van der Waals surface area contributed by atoms with E-state index in [9.17, 15) is 0 Å². The molecule has 1 rings (SSSR count). The number of imidazole rings is 1. The predicted molar refractivity (Wildman–Crippen MR) is 64.7 cm³/mol. The Labute approximate surface area is 93.7 Å². The molecule has 0 aromatic carbocycles. The molecule has 2 heteroatoms. The molecule has 0 saturated heterocycles. The fourth-order valence-corrected chi connectivity index (χ4v) is 2.37. The lowest BCUT2D eigenvalue weighted by molar-refractivity contribution is 0.191. The molecule has 2 nitrogen and oxygen atoms in total. The van der Waals surface area contributed by atoms with Crippen LogP contribution in [-0.2, 0) is 6.54 Å². The summed E-state index contributed by atoms with van der Waals surface area (Å²) in [5.74, 6) is 0. The van der Waals surface area contributed by atoms with Crippen molar-refractivity contribution in [3.05, 3.63) is 18.7 Å². The minimum absolute atomic E-state index is 0.405. The third-order valence-corrected chi connectivity index (χ3v) is 2.61. The van der Waals surface area contributed by atoms with E-state index in [1.54, 1.807) is 0 Å². The Morgan fingerprint density at radius 1 is 1.13 bits per heavy atom. The number of aromatic nitrogens is 2. The van der Waals surface area contributed by atoms with E-state index >= 15 is 0 Å². The Bertz CT molecular complexity index is 278. The highest BCUT2D eigenvalue weighted by Crippen LogP contribution is 2.35. The molecule has 15 heavy (non-hydrogen) atoms. The summed E-state index contributed by atoms with van der Waals surface area (Å²) in [7, 11) is 0. The Morgan fingerprint density at radius 3 is 2.27 bits per heavy atom. The molecule has 0 radical (unpaired) electrons. The zero-order valence-corrected chi connectivity index (χ0v) is 10.7. The minimum Gasteiger partial charge on any atom is -0.337 e. The monoisotopic (exact) mass is 208 g/mol. The normalized spacial score (nSPS) is 13.1. The first-order chi connectivity index (χ1) is 6.79. The van der Waals surface area contributed by atoms with Crippen molar-refractivity contribution in [2.75, 3.05) is 0 Å². The van der Waals surface area contributed by atoms with Gasteiger partial charge in [0.2, 0.25) is 0 Å². The van der Waals surface area contributed by atoms with Gasteiger partial charge >= 0.3 is 0 Å². The Balaban J connectivity index is 2.43. The third kappa shape index (κ3) is 5.01. The zero-order valence-electron chi connectivity index (χ0n) is 10.7. The first-order valence-corrected chi connectivity index (χ1v) is 5.74. The van der Waals surface area contributed by atoms with Gasteiger partial charge in [0, 0.05) is 18.9 Å². The maximum atomic E-state index is 4.06. The van der Waals surface area contributed by atoms with Gasteiger partial charge in [-0.05, 0) is 23.7 Å². The van der Waals surface area contributed by atoms with Crippen LogP contribution >= 0.6 is 0 Å². The first-order valence-electron chi connectivity index (χ1n) is 5.74. The van der Waals surface area contributed by atoms with Crippen molar-refractivity contribution in [3.63, 3.8) is 0 Å². The van der Waals surface area contributed by atoms with Crippen LogP contribution in [0.4, 0.5) is 0 Å². The van der Waals surface area contributed by atoms with Crippen molar-refractivity contribution in [1.82, 2.24) is 9.55 Å². The second-order valence-corrected chi connectivity index (χ2v) is 6.45. The number of nitrogens with zero attached hydrogens (tertiary/aromatic N) is 2. The Hall–Kier alpha value is -0.790. The number of rotatable bonds is 4. The molecule has 0 saturated carbocycles. The van der Waals surface area contributed by atoms with Crippen LogP contribution in [0.5, 0.6) is 0 Å². The maximum Gasteiger partial charge on any atom is 0.0945 e.